The normalized spacial score (nSPS) is 14.7. The van der Waals surface area contributed by atoms with Crippen molar-refractivity contribution in [1.82, 2.24) is 14.9 Å². The Morgan fingerprint density at radius 1 is 1.44 bits per heavy atom. The molecule has 0 radical (unpaired) electrons. The molecular weight excluding hydrogens is 242 g/mol. The molecule has 0 spiro atoms. The molecule has 1 N–H and O–H groups in total. The molecule has 0 saturated heterocycles. The lowest BCUT2D eigenvalue weighted by molar-refractivity contribution is 0.559. The second kappa shape index (κ2) is 8.59. The largest absolute Gasteiger partial charge is 0.335 e. The fourth-order valence-electron chi connectivity index (χ4n) is 1.84. The maximum Gasteiger partial charge on any atom is 0.110 e. The van der Waals surface area contributed by atoms with Gasteiger partial charge in [-0.1, -0.05) is 20.8 Å². The van der Waals surface area contributed by atoms with Crippen LogP contribution in [0.5, 0.6) is 0 Å². The van der Waals surface area contributed by atoms with E-state index in [0.29, 0.717) is 6.04 Å². The van der Waals surface area contributed by atoms with Gasteiger partial charge in [0, 0.05) is 42.4 Å². The number of nitrogens with one attached hydrogen (secondary N) is 1. The van der Waals surface area contributed by atoms with Crippen molar-refractivity contribution in [2.75, 3.05) is 12.8 Å². The monoisotopic (exact) mass is 269 g/mol. The minimum absolute atomic E-state index is 0.516. The maximum absolute atomic E-state index is 4.48. The quantitative estimate of drug-likeness (QED) is 0.747. The number of hydrogen-bond acceptors (Lipinski definition) is 3. The molecule has 2 unspecified atom stereocenters. The zero-order valence-electron chi connectivity index (χ0n) is 12.1. The first-order valence-corrected chi connectivity index (χ1v) is 8.04. The predicted octanol–water partition coefficient (Wildman–Crippen LogP) is 2.96. The van der Waals surface area contributed by atoms with Crippen LogP contribution >= 0.6 is 11.8 Å². The molecule has 1 aromatic heterocycles. The molecule has 1 heterocycles. The van der Waals surface area contributed by atoms with E-state index in [1.165, 1.54) is 12.2 Å². The molecule has 3 nitrogen and oxygen atoms in total. The zero-order chi connectivity index (χ0) is 13.4. The Kier molecular flexibility index (Phi) is 7.44. The van der Waals surface area contributed by atoms with Gasteiger partial charge < -0.3 is 9.88 Å². The van der Waals surface area contributed by atoms with E-state index >= 15 is 0 Å². The van der Waals surface area contributed by atoms with E-state index in [0.717, 1.165) is 30.4 Å². The van der Waals surface area contributed by atoms with Gasteiger partial charge in [0.25, 0.3) is 0 Å². The number of rotatable bonds is 9. The molecule has 0 aliphatic heterocycles. The molecule has 0 aliphatic rings. The van der Waals surface area contributed by atoms with Gasteiger partial charge in [0.15, 0.2) is 0 Å². The minimum atomic E-state index is 0.516. The third kappa shape index (κ3) is 5.02. The molecular formula is C14H27N3S. The molecule has 0 aromatic carbocycles. The van der Waals surface area contributed by atoms with Crippen LogP contribution < -0.4 is 5.32 Å². The van der Waals surface area contributed by atoms with Crippen molar-refractivity contribution in [3.8, 4) is 0 Å². The summed E-state index contributed by atoms with van der Waals surface area (Å²) in [6.07, 6.45) is 7.43. The van der Waals surface area contributed by atoms with Gasteiger partial charge in [0.05, 0.1) is 0 Å². The molecule has 0 amide bonds. The Morgan fingerprint density at radius 3 is 2.83 bits per heavy atom. The van der Waals surface area contributed by atoms with E-state index in [4.69, 9.17) is 0 Å². The molecule has 0 aliphatic carbocycles. The molecule has 0 fully saturated rings. The molecule has 0 bridgehead atoms. The fourth-order valence-corrected chi connectivity index (χ4v) is 2.92. The molecule has 4 heteroatoms. The summed E-state index contributed by atoms with van der Waals surface area (Å²) >= 11 is 2.05. The summed E-state index contributed by atoms with van der Waals surface area (Å²) in [7, 11) is 2.05. The highest BCUT2D eigenvalue weighted by Crippen LogP contribution is 2.16. The lowest BCUT2D eigenvalue weighted by atomic mass is 10.2. The first kappa shape index (κ1) is 15.6. The van der Waals surface area contributed by atoms with Gasteiger partial charge in [0.2, 0.25) is 0 Å². The molecule has 0 saturated carbocycles. The van der Waals surface area contributed by atoms with E-state index in [1.54, 1.807) is 0 Å². The van der Waals surface area contributed by atoms with Crippen molar-refractivity contribution in [2.45, 2.75) is 57.9 Å². The zero-order valence-corrected chi connectivity index (χ0v) is 13.0. The van der Waals surface area contributed by atoms with Crippen LogP contribution in [0.25, 0.3) is 0 Å². The standard InChI is InChI=1S/C14H27N3S/c1-5-8-17-9-7-16-14(17)10-13(15-4)11-18-12(3)6-2/h7,9,12-13,15H,5-6,8,10-11H2,1-4H3. The van der Waals surface area contributed by atoms with Gasteiger partial charge in [0.1, 0.15) is 5.82 Å². The summed E-state index contributed by atoms with van der Waals surface area (Å²) in [5.41, 5.74) is 0. The smallest absolute Gasteiger partial charge is 0.110 e. The van der Waals surface area contributed by atoms with Crippen LogP contribution in [0.3, 0.4) is 0 Å². The number of likely N-dealkylation sites (N-methyl/N-ethyl adjacent to an activating group) is 1. The van der Waals surface area contributed by atoms with Crippen LogP contribution in [0, 0.1) is 0 Å². The van der Waals surface area contributed by atoms with E-state index in [-0.39, 0.29) is 0 Å². The van der Waals surface area contributed by atoms with Crippen molar-refractivity contribution in [3.05, 3.63) is 18.2 Å². The minimum Gasteiger partial charge on any atom is -0.335 e. The highest BCUT2D eigenvalue weighted by Gasteiger charge is 2.12. The number of imidazole rings is 1. The van der Waals surface area contributed by atoms with Gasteiger partial charge in [-0.05, 0) is 19.9 Å². The lowest BCUT2D eigenvalue weighted by Crippen LogP contribution is -2.31. The van der Waals surface area contributed by atoms with Crippen LogP contribution in [0.2, 0.25) is 0 Å². The Labute approximate surface area is 116 Å². The summed E-state index contributed by atoms with van der Waals surface area (Å²) in [4.78, 5) is 4.48. The van der Waals surface area contributed by atoms with E-state index in [1.807, 2.05) is 6.20 Å². The average molecular weight is 269 g/mol. The molecule has 104 valence electrons. The maximum atomic E-state index is 4.48. The number of hydrogen-bond donors (Lipinski definition) is 1. The first-order valence-electron chi connectivity index (χ1n) is 7.00. The summed E-state index contributed by atoms with van der Waals surface area (Å²) in [5, 5.41) is 4.16. The fraction of sp³-hybridized carbons (Fsp3) is 0.786. The van der Waals surface area contributed by atoms with Gasteiger partial charge in [-0.2, -0.15) is 11.8 Å². The average Bonchev–Trinajstić information content (AvgIpc) is 2.81. The summed E-state index contributed by atoms with van der Waals surface area (Å²) in [6, 6.07) is 0.516. The van der Waals surface area contributed by atoms with Crippen molar-refractivity contribution < 1.29 is 0 Å². The summed E-state index contributed by atoms with van der Waals surface area (Å²) in [6.45, 7) is 7.83. The highest BCUT2D eigenvalue weighted by molar-refractivity contribution is 7.99. The van der Waals surface area contributed by atoms with Crippen LogP contribution in [0.15, 0.2) is 12.4 Å². The van der Waals surface area contributed by atoms with Crippen molar-refractivity contribution in [2.24, 2.45) is 0 Å². The summed E-state index contributed by atoms with van der Waals surface area (Å²) in [5.74, 6) is 2.37. The SMILES string of the molecule is CCCn1ccnc1CC(CSC(C)CC)NC. The highest BCUT2D eigenvalue weighted by atomic mass is 32.2. The van der Waals surface area contributed by atoms with Crippen molar-refractivity contribution in [1.29, 1.82) is 0 Å². The van der Waals surface area contributed by atoms with Crippen molar-refractivity contribution >= 4 is 11.8 Å². The van der Waals surface area contributed by atoms with E-state index < -0.39 is 0 Å². The van der Waals surface area contributed by atoms with Crippen LogP contribution in [-0.2, 0) is 13.0 Å². The van der Waals surface area contributed by atoms with E-state index in [2.05, 4.69) is 60.6 Å². The Morgan fingerprint density at radius 2 is 2.22 bits per heavy atom. The van der Waals surface area contributed by atoms with Crippen LogP contribution in [0.1, 0.15) is 39.4 Å². The van der Waals surface area contributed by atoms with Crippen LogP contribution in [-0.4, -0.2) is 33.6 Å². The number of aromatic nitrogens is 2. The molecule has 2 atom stereocenters. The molecule has 1 rings (SSSR count). The summed E-state index contributed by atoms with van der Waals surface area (Å²) < 4.78 is 2.28. The molecule has 18 heavy (non-hydrogen) atoms. The second-order valence-corrected chi connectivity index (χ2v) is 6.25. The Hall–Kier alpha value is -0.480. The number of aryl methyl sites for hydroxylation is 1. The second-order valence-electron chi connectivity index (χ2n) is 4.78. The van der Waals surface area contributed by atoms with Gasteiger partial charge >= 0.3 is 0 Å². The van der Waals surface area contributed by atoms with Gasteiger partial charge in [-0.15, -0.1) is 0 Å². The Bertz CT molecular complexity index is 325. The van der Waals surface area contributed by atoms with E-state index in [9.17, 15) is 0 Å². The number of thioether (sulfide) groups is 1. The third-order valence-corrected chi connectivity index (χ3v) is 4.76. The first-order chi connectivity index (χ1) is 8.71. The molecule has 1 aromatic rings. The van der Waals surface area contributed by atoms with Crippen molar-refractivity contribution in [3.63, 3.8) is 0 Å². The third-order valence-electron chi connectivity index (χ3n) is 3.26. The lowest BCUT2D eigenvalue weighted by Gasteiger charge is -2.18. The van der Waals surface area contributed by atoms with Gasteiger partial charge in [-0.25, -0.2) is 4.98 Å². The topological polar surface area (TPSA) is 29.9 Å². The predicted molar refractivity (Wildman–Crippen MR) is 81.3 cm³/mol. The Balaban J connectivity index is 2.48. The van der Waals surface area contributed by atoms with Gasteiger partial charge in [-0.3, -0.25) is 0 Å². The number of nitrogens with zero attached hydrogens (tertiary/aromatic N) is 2. The van der Waals surface area contributed by atoms with Crippen LogP contribution in [0.4, 0.5) is 0 Å².